The molecule has 2 aromatic carbocycles. The Morgan fingerprint density at radius 1 is 1.13 bits per heavy atom. The maximum absolute atomic E-state index is 13.1. The maximum Gasteiger partial charge on any atom is 0.232 e. The minimum Gasteiger partial charge on any atom is -0.507 e. The Kier molecular flexibility index (Phi) is 7.04. The third kappa shape index (κ3) is 5.13. The lowest BCUT2D eigenvalue weighted by atomic mass is 9.98. The summed E-state index contributed by atoms with van der Waals surface area (Å²) in [6, 6.07) is 9.40. The van der Waals surface area contributed by atoms with Crippen molar-refractivity contribution in [3.05, 3.63) is 62.8 Å². The van der Waals surface area contributed by atoms with Gasteiger partial charge in [-0.3, -0.25) is 9.69 Å². The lowest BCUT2D eigenvalue weighted by molar-refractivity contribution is 0.101. The van der Waals surface area contributed by atoms with E-state index in [0.717, 1.165) is 28.7 Å². The molecular formula is C25H30BrNO3. The summed E-state index contributed by atoms with van der Waals surface area (Å²) in [5.41, 5.74) is 2.85. The highest BCUT2D eigenvalue weighted by Crippen LogP contribution is 2.42. The van der Waals surface area contributed by atoms with Crippen molar-refractivity contribution >= 4 is 27.8 Å². The van der Waals surface area contributed by atoms with Crippen molar-refractivity contribution in [2.45, 2.75) is 41.2 Å². The molecule has 0 atom stereocenters. The van der Waals surface area contributed by atoms with Gasteiger partial charge < -0.3 is 9.84 Å². The summed E-state index contributed by atoms with van der Waals surface area (Å²) in [6.45, 7) is 13.0. The molecule has 1 aliphatic heterocycles. The van der Waals surface area contributed by atoms with Crippen molar-refractivity contribution in [3.8, 4) is 11.5 Å². The zero-order valence-electron chi connectivity index (χ0n) is 18.3. The SMILES string of the molecule is Cc1cc(O)c(CN(CC(C)C)CC(C)C)c2c1C(=O)/C(=C\c1cccc(Br)c1)O2. The molecule has 0 fully saturated rings. The van der Waals surface area contributed by atoms with Gasteiger partial charge in [-0.25, -0.2) is 0 Å². The Balaban J connectivity index is 1.99. The van der Waals surface area contributed by atoms with Crippen LogP contribution >= 0.6 is 15.9 Å². The molecule has 1 N–H and O–H groups in total. The van der Waals surface area contributed by atoms with Gasteiger partial charge in [0.1, 0.15) is 11.5 Å². The van der Waals surface area contributed by atoms with Crippen molar-refractivity contribution < 1.29 is 14.6 Å². The van der Waals surface area contributed by atoms with Crippen LogP contribution in [0.1, 0.15) is 54.7 Å². The third-order valence-corrected chi connectivity index (χ3v) is 5.49. The van der Waals surface area contributed by atoms with Gasteiger partial charge in [0.2, 0.25) is 5.78 Å². The quantitative estimate of drug-likeness (QED) is 0.488. The average molecular weight is 472 g/mol. The number of hydrogen-bond acceptors (Lipinski definition) is 4. The van der Waals surface area contributed by atoms with Crippen LogP contribution in [-0.4, -0.2) is 28.9 Å². The number of phenols is 1. The van der Waals surface area contributed by atoms with Gasteiger partial charge in [0.25, 0.3) is 0 Å². The van der Waals surface area contributed by atoms with Crippen LogP contribution in [0.3, 0.4) is 0 Å². The maximum atomic E-state index is 13.1. The zero-order chi connectivity index (χ0) is 22.0. The first-order valence-corrected chi connectivity index (χ1v) is 11.2. The first-order valence-electron chi connectivity index (χ1n) is 10.4. The monoisotopic (exact) mass is 471 g/mol. The van der Waals surface area contributed by atoms with Crippen LogP contribution < -0.4 is 4.74 Å². The number of hydrogen-bond donors (Lipinski definition) is 1. The van der Waals surface area contributed by atoms with Gasteiger partial charge in [-0.2, -0.15) is 0 Å². The van der Waals surface area contributed by atoms with Gasteiger partial charge >= 0.3 is 0 Å². The van der Waals surface area contributed by atoms with Crippen LogP contribution in [0.2, 0.25) is 0 Å². The van der Waals surface area contributed by atoms with Crippen molar-refractivity contribution in [3.63, 3.8) is 0 Å². The summed E-state index contributed by atoms with van der Waals surface area (Å²) in [5, 5.41) is 10.7. The Hall–Kier alpha value is -2.11. The number of carbonyl (C=O) groups excluding carboxylic acids is 1. The molecule has 0 spiro atoms. The molecule has 0 saturated heterocycles. The standard InChI is InChI=1S/C25H30BrNO3/c1-15(2)12-27(13-16(3)4)14-20-21(28)9-17(5)23-24(29)22(30-25(20)23)11-18-7-6-8-19(26)10-18/h6-11,15-16,28H,12-14H2,1-5H3/b22-11+. The number of Topliss-reactive ketones (excluding diaryl/α,β-unsaturated/α-hetero) is 1. The van der Waals surface area contributed by atoms with E-state index in [-0.39, 0.29) is 17.3 Å². The number of ether oxygens (including phenoxy) is 1. The largest absolute Gasteiger partial charge is 0.507 e. The number of aryl methyl sites for hydroxylation is 1. The molecule has 1 heterocycles. The van der Waals surface area contributed by atoms with Gasteiger partial charge in [0.05, 0.1) is 11.1 Å². The first kappa shape index (κ1) is 22.6. The van der Waals surface area contributed by atoms with Crippen molar-refractivity contribution in [2.24, 2.45) is 11.8 Å². The van der Waals surface area contributed by atoms with Crippen LogP contribution in [0, 0.1) is 18.8 Å². The second-order valence-corrected chi connectivity index (χ2v) is 9.79. The number of allylic oxidation sites excluding steroid dienone is 1. The highest BCUT2D eigenvalue weighted by atomic mass is 79.9. The van der Waals surface area contributed by atoms with Crippen molar-refractivity contribution in [1.82, 2.24) is 4.90 Å². The molecular weight excluding hydrogens is 442 g/mol. The van der Waals surface area contributed by atoms with Crippen LogP contribution in [0.5, 0.6) is 11.5 Å². The van der Waals surface area contributed by atoms with Crippen LogP contribution in [0.15, 0.2) is 40.6 Å². The van der Waals surface area contributed by atoms with Gasteiger partial charge in [-0.05, 0) is 54.2 Å². The van der Waals surface area contributed by atoms with Gasteiger partial charge in [0, 0.05) is 24.1 Å². The topological polar surface area (TPSA) is 49.8 Å². The number of nitrogens with zero attached hydrogens (tertiary/aromatic N) is 1. The lowest BCUT2D eigenvalue weighted by Crippen LogP contribution is -2.31. The number of benzene rings is 2. The Labute approximate surface area is 187 Å². The van der Waals surface area contributed by atoms with Crippen LogP contribution in [0.25, 0.3) is 6.08 Å². The molecule has 3 rings (SSSR count). The molecule has 0 unspecified atom stereocenters. The predicted octanol–water partition coefficient (Wildman–Crippen LogP) is 6.19. The number of fused-ring (bicyclic) bond motifs is 1. The summed E-state index contributed by atoms with van der Waals surface area (Å²) in [6.07, 6.45) is 1.76. The third-order valence-electron chi connectivity index (χ3n) is 5.00. The average Bonchev–Trinajstić information content (AvgIpc) is 2.94. The molecule has 5 heteroatoms. The summed E-state index contributed by atoms with van der Waals surface area (Å²) in [5.74, 6) is 1.83. The Morgan fingerprint density at radius 2 is 1.80 bits per heavy atom. The molecule has 2 aromatic rings. The smallest absolute Gasteiger partial charge is 0.232 e. The minimum absolute atomic E-state index is 0.136. The first-order chi connectivity index (χ1) is 14.2. The van der Waals surface area contributed by atoms with E-state index in [1.54, 1.807) is 12.1 Å². The highest BCUT2D eigenvalue weighted by Gasteiger charge is 2.33. The molecule has 30 heavy (non-hydrogen) atoms. The van der Waals surface area contributed by atoms with E-state index in [2.05, 4.69) is 48.5 Å². The molecule has 0 radical (unpaired) electrons. The molecule has 0 amide bonds. The van der Waals surface area contributed by atoms with E-state index in [0.29, 0.717) is 35.3 Å². The second-order valence-electron chi connectivity index (χ2n) is 8.87. The van der Waals surface area contributed by atoms with Crippen LogP contribution in [-0.2, 0) is 6.54 Å². The van der Waals surface area contributed by atoms with E-state index in [1.807, 2.05) is 31.2 Å². The number of ketones is 1. The molecule has 160 valence electrons. The minimum atomic E-state index is -0.136. The van der Waals surface area contributed by atoms with Gasteiger partial charge in [0.15, 0.2) is 5.76 Å². The fourth-order valence-corrected chi connectivity index (χ4v) is 4.36. The fourth-order valence-electron chi connectivity index (χ4n) is 3.94. The molecule has 0 aromatic heterocycles. The number of halogens is 1. The van der Waals surface area contributed by atoms with E-state index in [1.165, 1.54) is 0 Å². The zero-order valence-corrected chi connectivity index (χ0v) is 19.9. The van der Waals surface area contributed by atoms with Gasteiger partial charge in [-0.15, -0.1) is 0 Å². The van der Waals surface area contributed by atoms with E-state index >= 15 is 0 Å². The fraction of sp³-hybridized carbons (Fsp3) is 0.400. The Bertz CT molecular complexity index is 969. The lowest BCUT2D eigenvalue weighted by Gasteiger charge is -2.27. The molecule has 1 aliphatic rings. The number of phenolic OH excluding ortho intramolecular Hbond substituents is 1. The molecule has 0 aliphatic carbocycles. The summed E-state index contributed by atoms with van der Waals surface area (Å²) in [7, 11) is 0. The molecule has 0 bridgehead atoms. The van der Waals surface area contributed by atoms with E-state index in [4.69, 9.17) is 4.74 Å². The Morgan fingerprint density at radius 3 is 2.40 bits per heavy atom. The summed E-state index contributed by atoms with van der Waals surface area (Å²) < 4.78 is 7.01. The van der Waals surface area contributed by atoms with Crippen molar-refractivity contribution in [2.75, 3.05) is 13.1 Å². The van der Waals surface area contributed by atoms with Crippen molar-refractivity contribution in [1.29, 1.82) is 0 Å². The molecule has 4 nitrogen and oxygen atoms in total. The summed E-state index contributed by atoms with van der Waals surface area (Å²) >= 11 is 3.46. The van der Waals surface area contributed by atoms with Crippen LogP contribution in [0.4, 0.5) is 0 Å². The second kappa shape index (κ2) is 9.36. The molecule has 0 saturated carbocycles. The predicted molar refractivity (Wildman–Crippen MR) is 125 cm³/mol. The number of aromatic hydroxyl groups is 1. The van der Waals surface area contributed by atoms with E-state index < -0.39 is 0 Å². The highest BCUT2D eigenvalue weighted by molar-refractivity contribution is 9.10. The number of rotatable bonds is 7. The number of carbonyl (C=O) groups is 1. The van der Waals surface area contributed by atoms with E-state index in [9.17, 15) is 9.90 Å². The summed E-state index contributed by atoms with van der Waals surface area (Å²) in [4.78, 5) is 15.4. The van der Waals surface area contributed by atoms with Gasteiger partial charge in [-0.1, -0.05) is 55.8 Å². The normalized spacial score (nSPS) is 14.8.